The summed E-state index contributed by atoms with van der Waals surface area (Å²) in [7, 11) is 1.58. The lowest BCUT2D eigenvalue weighted by Crippen LogP contribution is -2.26. The van der Waals surface area contributed by atoms with Gasteiger partial charge in [0, 0.05) is 19.3 Å². The molecule has 0 unspecified atom stereocenters. The van der Waals surface area contributed by atoms with Crippen LogP contribution in [0, 0.1) is 5.82 Å². The second kappa shape index (κ2) is 5.61. The molecule has 0 fully saturated rings. The van der Waals surface area contributed by atoms with Crippen LogP contribution >= 0.6 is 0 Å². The van der Waals surface area contributed by atoms with Crippen LogP contribution in [0.15, 0.2) is 42.5 Å². The normalized spacial score (nSPS) is 10.3. The minimum atomic E-state index is -0.566. The summed E-state index contributed by atoms with van der Waals surface area (Å²) in [6.45, 7) is 0.319. The Morgan fingerprint density at radius 2 is 2.05 bits per heavy atom. The number of carbonyl (C=O) groups excluding carboxylic acids is 1. The van der Waals surface area contributed by atoms with Crippen molar-refractivity contribution < 1.29 is 14.3 Å². The second-order valence-corrected chi connectivity index (χ2v) is 4.57. The third-order valence-electron chi connectivity index (χ3n) is 2.91. The lowest BCUT2D eigenvalue weighted by atomic mass is 10.1. The van der Waals surface area contributed by atoms with Gasteiger partial charge in [0.2, 0.25) is 0 Å². The fourth-order valence-corrected chi connectivity index (χ4v) is 1.92. The maximum Gasteiger partial charge on any atom is 0.257 e. The quantitative estimate of drug-likeness (QED) is 0.844. The Hall–Kier alpha value is -2.56. The number of hydrogen-bond acceptors (Lipinski definition) is 3. The van der Waals surface area contributed by atoms with E-state index in [1.807, 2.05) is 6.07 Å². The molecular formula is C15H15FN2O2. The van der Waals surface area contributed by atoms with Gasteiger partial charge in [-0.1, -0.05) is 12.1 Å². The van der Waals surface area contributed by atoms with E-state index in [9.17, 15) is 14.3 Å². The summed E-state index contributed by atoms with van der Waals surface area (Å²) in [5.74, 6) is -1.26. The standard InChI is InChI=1S/C15H15FN2O2/c1-18(9-10-3-2-4-12(17)7-10)15(20)13-8-11(16)5-6-14(13)19/h2-8,19H,9,17H2,1H3. The molecule has 0 radical (unpaired) electrons. The summed E-state index contributed by atoms with van der Waals surface area (Å²) in [6.07, 6.45) is 0. The van der Waals surface area contributed by atoms with Crippen LogP contribution in [-0.4, -0.2) is 23.0 Å². The van der Waals surface area contributed by atoms with Crippen molar-refractivity contribution in [3.63, 3.8) is 0 Å². The van der Waals surface area contributed by atoms with Crippen LogP contribution in [0.5, 0.6) is 5.75 Å². The van der Waals surface area contributed by atoms with Crippen LogP contribution in [0.25, 0.3) is 0 Å². The van der Waals surface area contributed by atoms with Crippen LogP contribution in [0.4, 0.5) is 10.1 Å². The number of rotatable bonds is 3. The molecule has 104 valence electrons. The fraction of sp³-hybridized carbons (Fsp3) is 0.133. The number of hydrogen-bond donors (Lipinski definition) is 2. The molecule has 5 heteroatoms. The molecule has 0 aliphatic carbocycles. The topological polar surface area (TPSA) is 66.6 Å². The van der Waals surface area contributed by atoms with Crippen molar-refractivity contribution >= 4 is 11.6 Å². The average Bonchev–Trinajstić information content (AvgIpc) is 2.40. The van der Waals surface area contributed by atoms with Crippen molar-refractivity contribution in [2.45, 2.75) is 6.54 Å². The van der Waals surface area contributed by atoms with Gasteiger partial charge in [0.1, 0.15) is 11.6 Å². The van der Waals surface area contributed by atoms with Gasteiger partial charge in [-0.05, 0) is 35.9 Å². The van der Waals surface area contributed by atoms with E-state index in [2.05, 4.69) is 0 Å². The van der Waals surface area contributed by atoms with Crippen LogP contribution in [0.2, 0.25) is 0 Å². The molecule has 0 heterocycles. The zero-order valence-electron chi connectivity index (χ0n) is 11.0. The molecule has 2 aromatic carbocycles. The van der Waals surface area contributed by atoms with Crippen molar-refractivity contribution in [3.8, 4) is 5.75 Å². The summed E-state index contributed by atoms with van der Waals surface area (Å²) in [5, 5.41) is 9.63. The molecule has 2 aromatic rings. The molecule has 0 aliphatic heterocycles. The molecule has 20 heavy (non-hydrogen) atoms. The maximum absolute atomic E-state index is 13.2. The fourth-order valence-electron chi connectivity index (χ4n) is 1.92. The van der Waals surface area contributed by atoms with Gasteiger partial charge in [-0.3, -0.25) is 4.79 Å². The first-order chi connectivity index (χ1) is 9.47. The monoisotopic (exact) mass is 274 g/mol. The van der Waals surface area contributed by atoms with Gasteiger partial charge in [0.25, 0.3) is 5.91 Å². The number of phenolic OH excluding ortho intramolecular Hbond substituents is 1. The molecule has 0 bridgehead atoms. The Morgan fingerprint density at radius 3 is 2.75 bits per heavy atom. The highest BCUT2D eigenvalue weighted by Gasteiger charge is 2.16. The Kier molecular flexibility index (Phi) is 3.89. The largest absolute Gasteiger partial charge is 0.507 e. The van der Waals surface area contributed by atoms with E-state index < -0.39 is 11.7 Å². The maximum atomic E-state index is 13.2. The van der Waals surface area contributed by atoms with Crippen molar-refractivity contribution in [3.05, 3.63) is 59.4 Å². The molecule has 0 aromatic heterocycles. The smallest absolute Gasteiger partial charge is 0.257 e. The molecule has 3 N–H and O–H groups in total. The Labute approximate surface area is 116 Å². The predicted molar refractivity (Wildman–Crippen MR) is 74.7 cm³/mol. The first kappa shape index (κ1) is 13.9. The van der Waals surface area contributed by atoms with Gasteiger partial charge in [0.05, 0.1) is 5.56 Å². The van der Waals surface area contributed by atoms with E-state index in [0.29, 0.717) is 12.2 Å². The van der Waals surface area contributed by atoms with E-state index in [0.717, 1.165) is 23.8 Å². The lowest BCUT2D eigenvalue weighted by Gasteiger charge is -2.18. The molecule has 0 saturated carbocycles. The molecular weight excluding hydrogens is 259 g/mol. The minimum absolute atomic E-state index is 0.0589. The molecule has 4 nitrogen and oxygen atoms in total. The number of phenols is 1. The number of nitrogens with two attached hydrogens (primary N) is 1. The summed E-state index contributed by atoms with van der Waals surface area (Å²) < 4.78 is 13.2. The predicted octanol–water partition coefficient (Wildman–Crippen LogP) is 2.39. The van der Waals surface area contributed by atoms with Crippen molar-refractivity contribution in [1.82, 2.24) is 4.90 Å². The molecule has 0 saturated heterocycles. The lowest BCUT2D eigenvalue weighted by molar-refractivity contribution is 0.0781. The zero-order valence-corrected chi connectivity index (χ0v) is 11.0. The second-order valence-electron chi connectivity index (χ2n) is 4.57. The summed E-state index contributed by atoms with van der Waals surface area (Å²) >= 11 is 0. The molecule has 0 aliphatic rings. The van der Waals surface area contributed by atoms with Gasteiger partial charge < -0.3 is 15.7 Å². The number of aromatic hydroxyl groups is 1. The van der Waals surface area contributed by atoms with E-state index in [4.69, 9.17) is 5.73 Å². The number of amides is 1. The van der Waals surface area contributed by atoms with E-state index in [1.165, 1.54) is 4.90 Å². The van der Waals surface area contributed by atoms with E-state index in [-0.39, 0.29) is 11.3 Å². The van der Waals surface area contributed by atoms with E-state index >= 15 is 0 Å². The highest BCUT2D eigenvalue weighted by Crippen LogP contribution is 2.20. The van der Waals surface area contributed by atoms with Gasteiger partial charge in [-0.2, -0.15) is 0 Å². The Balaban J connectivity index is 2.18. The molecule has 2 rings (SSSR count). The SMILES string of the molecule is CN(Cc1cccc(N)c1)C(=O)c1cc(F)ccc1O. The number of carbonyl (C=O) groups is 1. The van der Waals surface area contributed by atoms with E-state index in [1.54, 1.807) is 25.2 Å². The van der Waals surface area contributed by atoms with Gasteiger partial charge in [-0.15, -0.1) is 0 Å². The van der Waals surface area contributed by atoms with Gasteiger partial charge in [-0.25, -0.2) is 4.39 Å². The molecule has 1 amide bonds. The molecule has 0 spiro atoms. The summed E-state index contributed by atoms with van der Waals surface area (Å²) in [4.78, 5) is 13.6. The number of benzene rings is 2. The molecule has 0 atom stereocenters. The number of nitrogen functional groups attached to an aromatic ring is 1. The van der Waals surface area contributed by atoms with Gasteiger partial charge >= 0.3 is 0 Å². The third kappa shape index (κ3) is 3.06. The van der Waals surface area contributed by atoms with Crippen molar-refractivity contribution in [2.24, 2.45) is 0 Å². The number of halogens is 1. The minimum Gasteiger partial charge on any atom is -0.507 e. The van der Waals surface area contributed by atoms with Crippen LogP contribution < -0.4 is 5.73 Å². The number of anilines is 1. The Bertz CT molecular complexity index is 644. The van der Waals surface area contributed by atoms with Crippen LogP contribution in [-0.2, 0) is 6.54 Å². The van der Waals surface area contributed by atoms with Crippen molar-refractivity contribution in [2.75, 3.05) is 12.8 Å². The van der Waals surface area contributed by atoms with Crippen molar-refractivity contribution in [1.29, 1.82) is 0 Å². The first-order valence-electron chi connectivity index (χ1n) is 6.06. The first-order valence-corrected chi connectivity index (χ1v) is 6.06. The average molecular weight is 274 g/mol. The highest BCUT2D eigenvalue weighted by molar-refractivity contribution is 5.96. The summed E-state index contributed by atoms with van der Waals surface area (Å²) in [5.41, 5.74) is 7.08. The third-order valence-corrected chi connectivity index (χ3v) is 2.91. The number of nitrogens with zero attached hydrogens (tertiary/aromatic N) is 1. The Morgan fingerprint density at radius 1 is 1.30 bits per heavy atom. The van der Waals surface area contributed by atoms with Crippen LogP contribution in [0.1, 0.15) is 15.9 Å². The highest BCUT2D eigenvalue weighted by atomic mass is 19.1. The van der Waals surface area contributed by atoms with Gasteiger partial charge in [0.15, 0.2) is 0 Å². The summed E-state index contributed by atoms with van der Waals surface area (Å²) in [6, 6.07) is 10.4. The zero-order chi connectivity index (χ0) is 14.7. The van der Waals surface area contributed by atoms with Crippen LogP contribution in [0.3, 0.4) is 0 Å².